The third-order valence-electron chi connectivity index (χ3n) is 3.15. The van der Waals surface area contributed by atoms with Crippen molar-refractivity contribution in [1.82, 2.24) is 9.88 Å². The van der Waals surface area contributed by atoms with Crippen LogP contribution in [-0.4, -0.2) is 16.5 Å². The molecule has 1 amide bonds. The first-order valence-corrected chi connectivity index (χ1v) is 7.27. The van der Waals surface area contributed by atoms with Crippen LogP contribution in [0.15, 0.2) is 42.7 Å². The monoisotopic (exact) mass is 285 g/mol. The molecule has 2 aromatic rings. The van der Waals surface area contributed by atoms with Gasteiger partial charge in [-0.15, -0.1) is 0 Å². The minimum atomic E-state index is -0.0143. The van der Waals surface area contributed by atoms with Gasteiger partial charge in [-0.1, -0.05) is 26.0 Å². The van der Waals surface area contributed by atoms with Gasteiger partial charge < -0.3 is 15.2 Å². The quantitative estimate of drug-likeness (QED) is 0.857. The first-order valence-electron chi connectivity index (χ1n) is 7.27. The Bertz CT molecular complexity index is 602. The van der Waals surface area contributed by atoms with Crippen molar-refractivity contribution in [3.05, 3.63) is 53.9 Å². The zero-order valence-corrected chi connectivity index (χ0v) is 12.9. The van der Waals surface area contributed by atoms with Gasteiger partial charge in [0.15, 0.2) is 0 Å². The number of amides is 1. The van der Waals surface area contributed by atoms with Crippen molar-refractivity contribution < 1.29 is 4.79 Å². The van der Waals surface area contributed by atoms with E-state index >= 15 is 0 Å². The van der Waals surface area contributed by atoms with Crippen LogP contribution in [0.1, 0.15) is 25.0 Å². The van der Waals surface area contributed by atoms with E-state index in [0.29, 0.717) is 12.6 Å². The maximum Gasteiger partial charge on any atom is 0.244 e. The number of carbonyl (C=O) groups is 1. The molecule has 2 rings (SSSR count). The summed E-state index contributed by atoms with van der Waals surface area (Å²) in [5.41, 5.74) is 3.16. The van der Waals surface area contributed by atoms with Crippen LogP contribution in [0, 0.1) is 6.92 Å². The number of nitrogens with zero attached hydrogens (tertiary/aromatic N) is 1. The predicted molar refractivity (Wildman–Crippen MR) is 86.2 cm³/mol. The molecule has 0 saturated carbocycles. The molecule has 0 fully saturated rings. The number of nitrogens with one attached hydrogen (secondary N) is 2. The minimum absolute atomic E-state index is 0.0143. The van der Waals surface area contributed by atoms with E-state index in [2.05, 4.69) is 24.5 Å². The Hall–Kier alpha value is -2.07. The first-order chi connectivity index (χ1) is 10.0. The van der Waals surface area contributed by atoms with Crippen molar-refractivity contribution >= 4 is 11.6 Å². The highest BCUT2D eigenvalue weighted by Crippen LogP contribution is 2.10. The maximum atomic E-state index is 12.0. The zero-order chi connectivity index (χ0) is 15.2. The van der Waals surface area contributed by atoms with E-state index in [-0.39, 0.29) is 5.91 Å². The highest BCUT2D eigenvalue weighted by Gasteiger charge is 2.05. The second-order valence-corrected chi connectivity index (χ2v) is 5.65. The molecule has 1 aromatic heterocycles. The van der Waals surface area contributed by atoms with E-state index in [1.54, 1.807) is 0 Å². The summed E-state index contributed by atoms with van der Waals surface area (Å²) in [5, 5.41) is 6.28. The normalized spacial score (nSPS) is 10.9. The van der Waals surface area contributed by atoms with Crippen LogP contribution in [0.5, 0.6) is 0 Å². The maximum absolute atomic E-state index is 12.0. The van der Waals surface area contributed by atoms with Gasteiger partial charge in [-0.05, 0) is 36.2 Å². The average Bonchev–Trinajstić information content (AvgIpc) is 2.83. The largest absolute Gasteiger partial charge is 0.345 e. The highest BCUT2D eigenvalue weighted by molar-refractivity contribution is 5.90. The number of anilines is 1. The molecule has 1 aromatic carbocycles. The van der Waals surface area contributed by atoms with Crippen molar-refractivity contribution in [2.24, 2.45) is 0 Å². The molecule has 0 unspecified atom stereocenters. The molecule has 112 valence electrons. The molecule has 4 heteroatoms. The van der Waals surface area contributed by atoms with Crippen LogP contribution in [-0.2, 0) is 17.9 Å². The molecule has 0 aliphatic rings. The number of rotatable bonds is 6. The summed E-state index contributed by atoms with van der Waals surface area (Å²) in [6.45, 7) is 7.40. The standard InChI is InChI=1S/C17H23N3O/c1-13(2)18-10-15-7-8-20(11-15)12-17(21)19-16-6-4-5-14(3)9-16/h4-9,11,13,18H,10,12H2,1-3H3,(H,19,21). The fourth-order valence-corrected chi connectivity index (χ4v) is 2.10. The van der Waals surface area contributed by atoms with Gasteiger partial charge in [0.05, 0.1) is 0 Å². The van der Waals surface area contributed by atoms with Gasteiger partial charge in [-0.2, -0.15) is 0 Å². The predicted octanol–water partition coefficient (Wildman–Crippen LogP) is 2.93. The Labute approximate surface area is 126 Å². The fraction of sp³-hybridized carbons (Fsp3) is 0.353. The van der Waals surface area contributed by atoms with Crippen LogP contribution < -0.4 is 10.6 Å². The van der Waals surface area contributed by atoms with E-state index in [1.807, 2.05) is 54.2 Å². The summed E-state index contributed by atoms with van der Waals surface area (Å²) in [6.07, 6.45) is 3.94. The smallest absolute Gasteiger partial charge is 0.244 e. The van der Waals surface area contributed by atoms with Gasteiger partial charge in [0.1, 0.15) is 6.54 Å². The Kier molecular flexibility index (Phi) is 5.17. The van der Waals surface area contributed by atoms with E-state index in [9.17, 15) is 4.79 Å². The Morgan fingerprint density at radius 2 is 2.10 bits per heavy atom. The number of aromatic nitrogens is 1. The van der Waals surface area contributed by atoms with Crippen molar-refractivity contribution in [2.45, 2.75) is 39.9 Å². The molecule has 0 spiro atoms. The molecule has 0 radical (unpaired) electrons. The molecule has 0 atom stereocenters. The molecule has 2 N–H and O–H groups in total. The Balaban J connectivity index is 1.88. The van der Waals surface area contributed by atoms with Crippen molar-refractivity contribution in [3.8, 4) is 0 Å². The minimum Gasteiger partial charge on any atom is -0.345 e. The van der Waals surface area contributed by atoms with Crippen LogP contribution in [0.2, 0.25) is 0 Å². The molecule has 1 heterocycles. The lowest BCUT2D eigenvalue weighted by molar-refractivity contribution is -0.116. The van der Waals surface area contributed by atoms with Gasteiger partial charge in [0.25, 0.3) is 0 Å². The zero-order valence-electron chi connectivity index (χ0n) is 12.9. The summed E-state index contributed by atoms with van der Waals surface area (Å²) < 4.78 is 1.91. The van der Waals surface area contributed by atoms with Crippen molar-refractivity contribution in [3.63, 3.8) is 0 Å². The summed E-state index contributed by atoms with van der Waals surface area (Å²) >= 11 is 0. The van der Waals surface area contributed by atoms with Gasteiger partial charge in [-0.3, -0.25) is 4.79 Å². The molecule has 0 aliphatic heterocycles. The summed E-state index contributed by atoms with van der Waals surface area (Å²) in [5.74, 6) is -0.0143. The Morgan fingerprint density at radius 1 is 1.29 bits per heavy atom. The summed E-state index contributed by atoms with van der Waals surface area (Å²) in [7, 11) is 0. The van der Waals surface area contributed by atoms with Crippen LogP contribution in [0.4, 0.5) is 5.69 Å². The molecule has 21 heavy (non-hydrogen) atoms. The number of aryl methyl sites for hydroxylation is 1. The average molecular weight is 285 g/mol. The van der Waals surface area contributed by atoms with Crippen LogP contribution in [0.25, 0.3) is 0 Å². The Morgan fingerprint density at radius 3 is 2.81 bits per heavy atom. The topological polar surface area (TPSA) is 46.1 Å². The number of hydrogen-bond acceptors (Lipinski definition) is 2. The van der Waals surface area contributed by atoms with Crippen LogP contribution in [0.3, 0.4) is 0 Å². The van der Waals surface area contributed by atoms with Gasteiger partial charge in [0, 0.05) is 30.7 Å². The van der Waals surface area contributed by atoms with Gasteiger partial charge >= 0.3 is 0 Å². The lowest BCUT2D eigenvalue weighted by Crippen LogP contribution is -2.21. The van der Waals surface area contributed by atoms with Crippen LogP contribution >= 0.6 is 0 Å². The molecular weight excluding hydrogens is 262 g/mol. The van der Waals surface area contributed by atoms with E-state index in [0.717, 1.165) is 17.8 Å². The molecule has 0 bridgehead atoms. The third-order valence-corrected chi connectivity index (χ3v) is 3.15. The third kappa shape index (κ3) is 5.08. The van der Waals surface area contributed by atoms with E-state index < -0.39 is 0 Å². The number of hydrogen-bond donors (Lipinski definition) is 2. The highest BCUT2D eigenvalue weighted by atomic mass is 16.1. The van der Waals surface area contributed by atoms with Crippen molar-refractivity contribution in [1.29, 1.82) is 0 Å². The lowest BCUT2D eigenvalue weighted by atomic mass is 10.2. The number of benzene rings is 1. The van der Waals surface area contributed by atoms with Gasteiger partial charge in [0.2, 0.25) is 5.91 Å². The molecular formula is C17H23N3O. The molecule has 4 nitrogen and oxygen atoms in total. The lowest BCUT2D eigenvalue weighted by Gasteiger charge is -2.07. The van der Waals surface area contributed by atoms with E-state index in [4.69, 9.17) is 0 Å². The second-order valence-electron chi connectivity index (χ2n) is 5.65. The SMILES string of the molecule is Cc1cccc(NC(=O)Cn2ccc(CNC(C)C)c2)c1. The van der Waals surface area contributed by atoms with Gasteiger partial charge in [-0.25, -0.2) is 0 Å². The first kappa shape index (κ1) is 15.3. The fourth-order valence-electron chi connectivity index (χ4n) is 2.10. The summed E-state index contributed by atoms with van der Waals surface area (Å²) in [4.78, 5) is 12.0. The molecule has 0 aliphatic carbocycles. The number of carbonyl (C=O) groups excluding carboxylic acids is 1. The van der Waals surface area contributed by atoms with Crippen molar-refractivity contribution in [2.75, 3.05) is 5.32 Å². The molecule has 0 saturated heterocycles. The second kappa shape index (κ2) is 7.09. The van der Waals surface area contributed by atoms with E-state index in [1.165, 1.54) is 5.56 Å². The summed E-state index contributed by atoms with van der Waals surface area (Å²) in [6, 6.07) is 10.3.